The third-order valence-corrected chi connectivity index (χ3v) is 3.06. The number of ether oxygens (including phenoxy) is 1. The van der Waals surface area contributed by atoms with Crippen molar-refractivity contribution >= 4 is 16.8 Å². The number of nitrogens with zero attached hydrogens (tertiary/aromatic N) is 1. The van der Waals surface area contributed by atoms with E-state index in [1.807, 2.05) is 35.8 Å². The van der Waals surface area contributed by atoms with Crippen LogP contribution in [-0.2, 0) is 6.61 Å². The molecule has 0 spiro atoms. The highest BCUT2D eigenvalue weighted by molar-refractivity contribution is 5.92. The molecular weight excluding hydrogens is 270 g/mol. The number of amides is 1. The lowest BCUT2D eigenvalue weighted by atomic mass is 10.2. The van der Waals surface area contributed by atoms with Crippen LogP contribution in [0.4, 0.5) is 0 Å². The lowest BCUT2D eigenvalue weighted by Crippen LogP contribution is -2.30. The third-order valence-electron chi connectivity index (χ3n) is 3.06. The van der Waals surface area contributed by atoms with Gasteiger partial charge in [-0.05, 0) is 18.2 Å². The Morgan fingerprint density at radius 3 is 3.00 bits per heavy atom. The SMILES string of the molecule is NNC(=O)c1occc1COc1cccc2cccnc12. The number of aromatic nitrogens is 1. The summed E-state index contributed by atoms with van der Waals surface area (Å²) >= 11 is 0. The van der Waals surface area contributed by atoms with Crippen LogP contribution in [-0.4, -0.2) is 10.9 Å². The molecule has 3 rings (SSSR count). The van der Waals surface area contributed by atoms with Crippen molar-refractivity contribution < 1.29 is 13.9 Å². The van der Waals surface area contributed by atoms with E-state index in [4.69, 9.17) is 15.0 Å². The molecule has 1 amide bonds. The molecule has 106 valence electrons. The molecule has 0 aliphatic heterocycles. The van der Waals surface area contributed by atoms with Crippen molar-refractivity contribution in [3.05, 3.63) is 60.2 Å². The molecule has 3 aromatic rings. The van der Waals surface area contributed by atoms with Gasteiger partial charge in [0.15, 0.2) is 5.76 Å². The molecule has 6 heteroatoms. The van der Waals surface area contributed by atoms with Crippen LogP contribution in [0.5, 0.6) is 5.75 Å². The zero-order chi connectivity index (χ0) is 14.7. The van der Waals surface area contributed by atoms with E-state index in [2.05, 4.69) is 4.98 Å². The van der Waals surface area contributed by atoms with Gasteiger partial charge in [0.05, 0.1) is 6.26 Å². The van der Waals surface area contributed by atoms with E-state index in [-0.39, 0.29) is 12.4 Å². The van der Waals surface area contributed by atoms with Gasteiger partial charge in [0.2, 0.25) is 0 Å². The highest BCUT2D eigenvalue weighted by Gasteiger charge is 2.15. The molecule has 0 atom stereocenters. The van der Waals surface area contributed by atoms with Gasteiger partial charge in [0, 0.05) is 17.1 Å². The third kappa shape index (κ3) is 2.56. The van der Waals surface area contributed by atoms with Crippen molar-refractivity contribution in [1.29, 1.82) is 0 Å². The minimum atomic E-state index is -0.491. The van der Waals surface area contributed by atoms with E-state index in [1.165, 1.54) is 6.26 Å². The Kier molecular flexibility index (Phi) is 3.53. The van der Waals surface area contributed by atoms with Crippen LogP contribution < -0.4 is 16.0 Å². The number of para-hydroxylation sites is 1. The van der Waals surface area contributed by atoms with Gasteiger partial charge < -0.3 is 9.15 Å². The predicted molar refractivity (Wildman–Crippen MR) is 76.4 cm³/mol. The standard InChI is InChI=1S/C15H13N3O3/c16-18-15(19)14-11(6-8-20-14)9-21-12-5-1-3-10-4-2-7-17-13(10)12/h1-8H,9,16H2,(H,18,19). The average Bonchev–Trinajstić information content (AvgIpc) is 3.00. The molecule has 0 saturated carbocycles. The second kappa shape index (κ2) is 5.64. The first-order valence-corrected chi connectivity index (χ1v) is 6.33. The molecule has 2 heterocycles. The van der Waals surface area contributed by atoms with Gasteiger partial charge in [0.1, 0.15) is 17.9 Å². The largest absolute Gasteiger partial charge is 0.486 e. The highest BCUT2D eigenvalue weighted by atomic mass is 16.5. The summed E-state index contributed by atoms with van der Waals surface area (Å²) in [5.41, 5.74) is 3.42. The number of pyridine rings is 1. The summed E-state index contributed by atoms with van der Waals surface area (Å²) in [4.78, 5) is 15.8. The van der Waals surface area contributed by atoms with Crippen molar-refractivity contribution in [3.63, 3.8) is 0 Å². The number of hydrogen-bond donors (Lipinski definition) is 2. The van der Waals surface area contributed by atoms with Crippen LogP contribution >= 0.6 is 0 Å². The van der Waals surface area contributed by atoms with Crippen LogP contribution in [0.3, 0.4) is 0 Å². The summed E-state index contributed by atoms with van der Waals surface area (Å²) < 4.78 is 10.9. The zero-order valence-corrected chi connectivity index (χ0v) is 11.1. The Morgan fingerprint density at radius 1 is 1.29 bits per heavy atom. The quantitative estimate of drug-likeness (QED) is 0.434. The van der Waals surface area contributed by atoms with E-state index in [9.17, 15) is 4.79 Å². The molecule has 1 aromatic carbocycles. The Hall–Kier alpha value is -2.86. The Labute approximate surface area is 120 Å². The maximum atomic E-state index is 11.5. The first kappa shape index (κ1) is 13.1. The van der Waals surface area contributed by atoms with Gasteiger partial charge in [-0.1, -0.05) is 18.2 Å². The fourth-order valence-electron chi connectivity index (χ4n) is 2.06. The molecule has 0 fully saturated rings. The number of fused-ring (bicyclic) bond motifs is 1. The van der Waals surface area contributed by atoms with Crippen molar-refractivity contribution in [1.82, 2.24) is 10.4 Å². The summed E-state index contributed by atoms with van der Waals surface area (Å²) in [5.74, 6) is 5.40. The fraction of sp³-hybridized carbons (Fsp3) is 0.0667. The molecule has 3 N–H and O–H groups in total. The second-order valence-corrected chi connectivity index (χ2v) is 4.37. The number of carbonyl (C=O) groups is 1. The minimum Gasteiger partial charge on any atom is -0.486 e. The number of nitrogens with two attached hydrogens (primary N) is 1. The number of rotatable bonds is 4. The maximum absolute atomic E-state index is 11.5. The van der Waals surface area contributed by atoms with Crippen molar-refractivity contribution in [3.8, 4) is 5.75 Å². The molecule has 2 aromatic heterocycles. The summed E-state index contributed by atoms with van der Waals surface area (Å²) in [7, 11) is 0. The lowest BCUT2D eigenvalue weighted by molar-refractivity contribution is 0.0922. The first-order valence-electron chi connectivity index (χ1n) is 6.33. The molecule has 0 radical (unpaired) electrons. The van der Waals surface area contributed by atoms with Crippen LogP contribution in [0.15, 0.2) is 53.3 Å². The molecule has 6 nitrogen and oxygen atoms in total. The average molecular weight is 283 g/mol. The number of nitrogens with one attached hydrogen (secondary N) is 1. The molecule has 0 aliphatic rings. The number of furan rings is 1. The summed E-state index contributed by atoms with van der Waals surface area (Å²) in [6, 6.07) is 11.2. The number of nitrogen functional groups attached to an aromatic ring is 1. The maximum Gasteiger partial charge on any atom is 0.301 e. The predicted octanol–water partition coefficient (Wildman–Crippen LogP) is 2.01. The van der Waals surface area contributed by atoms with Gasteiger partial charge in [-0.2, -0.15) is 0 Å². The van der Waals surface area contributed by atoms with E-state index in [0.29, 0.717) is 11.3 Å². The van der Waals surface area contributed by atoms with Crippen molar-refractivity contribution in [2.24, 2.45) is 5.84 Å². The van der Waals surface area contributed by atoms with E-state index in [0.717, 1.165) is 10.9 Å². The van der Waals surface area contributed by atoms with E-state index < -0.39 is 5.91 Å². The van der Waals surface area contributed by atoms with E-state index >= 15 is 0 Å². The Bertz CT molecular complexity index is 777. The number of hydrazine groups is 1. The van der Waals surface area contributed by atoms with Gasteiger partial charge >= 0.3 is 5.91 Å². The fourth-order valence-corrected chi connectivity index (χ4v) is 2.06. The monoisotopic (exact) mass is 283 g/mol. The summed E-state index contributed by atoms with van der Waals surface area (Å²) in [6.07, 6.45) is 3.13. The van der Waals surface area contributed by atoms with Gasteiger partial charge in [-0.3, -0.25) is 15.2 Å². The molecule has 0 bridgehead atoms. The number of hydrogen-bond acceptors (Lipinski definition) is 5. The smallest absolute Gasteiger partial charge is 0.301 e. The van der Waals surface area contributed by atoms with Crippen molar-refractivity contribution in [2.75, 3.05) is 0 Å². The van der Waals surface area contributed by atoms with E-state index in [1.54, 1.807) is 12.3 Å². The van der Waals surface area contributed by atoms with Gasteiger partial charge in [-0.25, -0.2) is 5.84 Å². The van der Waals surface area contributed by atoms with Crippen molar-refractivity contribution in [2.45, 2.75) is 6.61 Å². The molecule has 21 heavy (non-hydrogen) atoms. The molecular formula is C15H13N3O3. The molecule has 0 aliphatic carbocycles. The van der Waals surface area contributed by atoms with Crippen LogP contribution in [0, 0.1) is 0 Å². The Balaban J connectivity index is 1.84. The van der Waals surface area contributed by atoms with Crippen LogP contribution in [0.1, 0.15) is 16.1 Å². The normalized spacial score (nSPS) is 10.5. The van der Waals surface area contributed by atoms with Crippen LogP contribution in [0.25, 0.3) is 10.9 Å². The van der Waals surface area contributed by atoms with Crippen LogP contribution in [0.2, 0.25) is 0 Å². The summed E-state index contributed by atoms with van der Waals surface area (Å²) in [5, 5.41) is 0.988. The number of carbonyl (C=O) groups excluding carboxylic acids is 1. The molecule has 0 saturated heterocycles. The highest BCUT2D eigenvalue weighted by Crippen LogP contribution is 2.24. The van der Waals surface area contributed by atoms with Gasteiger partial charge in [0.25, 0.3) is 0 Å². The summed E-state index contributed by atoms with van der Waals surface area (Å²) in [6.45, 7) is 0.189. The second-order valence-electron chi connectivity index (χ2n) is 4.37. The zero-order valence-electron chi connectivity index (χ0n) is 11.1. The minimum absolute atomic E-state index is 0.144. The van der Waals surface area contributed by atoms with Gasteiger partial charge in [-0.15, -0.1) is 0 Å². The first-order chi connectivity index (χ1) is 10.3. The topological polar surface area (TPSA) is 90.4 Å². The Morgan fingerprint density at radius 2 is 2.14 bits per heavy atom. The lowest BCUT2D eigenvalue weighted by Gasteiger charge is -2.08. The number of benzene rings is 1. The molecule has 0 unspecified atom stereocenters.